The van der Waals surface area contributed by atoms with Crippen LogP contribution in [-0.2, 0) is 12.0 Å². The van der Waals surface area contributed by atoms with Gasteiger partial charge in [0.25, 0.3) is 0 Å². The fourth-order valence-electron chi connectivity index (χ4n) is 2.13. The zero-order valence-electron chi connectivity index (χ0n) is 13.3. The molecule has 1 aromatic carbocycles. The first-order valence-electron chi connectivity index (χ1n) is 7.42. The van der Waals surface area contributed by atoms with E-state index >= 15 is 0 Å². The molecule has 0 aliphatic carbocycles. The summed E-state index contributed by atoms with van der Waals surface area (Å²) in [6, 6.07) is 10.3. The van der Waals surface area contributed by atoms with Crippen molar-refractivity contribution >= 4 is 0 Å². The summed E-state index contributed by atoms with van der Waals surface area (Å²) in [7, 11) is 1.92. The second-order valence-corrected chi connectivity index (χ2v) is 5.92. The van der Waals surface area contributed by atoms with Gasteiger partial charge in [-0.3, -0.25) is 4.98 Å². The number of nitrogens with zero attached hydrogens (tertiary/aromatic N) is 1. The van der Waals surface area contributed by atoms with Crippen molar-refractivity contribution in [2.75, 3.05) is 7.05 Å². The third kappa shape index (κ3) is 4.05. The van der Waals surface area contributed by atoms with E-state index in [1.54, 1.807) is 6.20 Å². The molecule has 0 bridgehead atoms. The van der Waals surface area contributed by atoms with Gasteiger partial charge in [0.1, 0.15) is 11.5 Å². The zero-order valence-corrected chi connectivity index (χ0v) is 13.3. The first-order valence-corrected chi connectivity index (χ1v) is 7.42. The van der Waals surface area contributed by atoms with Crippen molar-refractivity contribution in [2.24, 2.45) is 0 Å². The molecular formula is C18H24N2O. The van der Waals surface area contributed by atoms with Crippen LogP contribution in [-0.4, -0.2) is 12.0 Å². The predicted molar refractivity (Wildman–Crippen MR) is 86.8 cm³/mol. The van der Waals surface area contributed by atoms with Crippen LogP contribution in [0.5, 0.6) is 11.5 Å². The van der Waals surface area contributed by atoms with Crippen LogP contribution in [0.3, 0.4) is 0 Å². The summed E-state index contributed by atoms with van der Waals surface area (Å²) in [6.07, 6.45) is 4.70. The van der Waals surface area contributed by atoms with E-state index in [1.807, 2.05) is 31.4 Å². The molecule has 0 amide bonds. The minimum atomic E-state index is 0.201. The molecule has 2 rings (SSSR count). The number of ether oxygens (including phenoxy) is 1. The van der Waals surface area contributed by atoms with Crippen LogP contribution in [0.25, 0.3) is 0 Å². The quantitative estimate of drug-likeness (QED) is 0.859. The average molecular weight is 284 g/mol. The molecular weight excluding hydrogens is 260 g/mol. The van der Waals surface area contributed by atoms with E-state index in [1.165, 1.54) is 5.56 Å². The first-order chi connectivity index (χ1) is 10.0. The molecule has 0 fully saturated rings. The van der Waals surface area contributed by atoms with Crippen LogP contribution in [0, 0.1) is 0 Å². The smallest absolute Gasteiger partial charge is 0.146 e. The number of rotatable bonds is 6. The summed E-state index contributed by atoms with van der Waals surface area (Å²) in [5, 5.41) is 3.11. The summed E-state index contributed by atoms with van der Waals surface area (Å²) in [5.41, 5.74) is 2.64. The van der Waals surface area contributed by atoms with E-state index in [-0.39, 0.29) is 5.41 Å². The Labute approximate surface area is 127 Å². The van der Waals surface area contributed by atoms with Crippen LogP contribution >= 0.6 is 0 Å². The second-order valence-electron chi connectivity index (χ2n) is 5.92. The van der Waals surface area contributed by atoms with Crippen LogP contribution in [0.4, 0.5) is 0 Å². The summed E-state index contributed by atoms with van der Waals surface area (Å²) in [6.45, 7) is 7.51. The van der Waals surface area contributed by atoms with Gasteiger partial charge in [-0.1, -0.05) is 32.9 Å². The van der Waals surface area contributed by atoms with Gasteiger partial charge < -0.3 is 10.1 Å². The van der Waals surface area contributed by atoms with Gasteiger partial charge in [0.05, 0.1) is 6.20 Å². The molecule has 3 nitrogen and oxygen atoms in total. The molecule has 2 aromatic rings. The Balaban J connectivity index is 2.11. The molecule has 0 spiro atoms. The van der Waals surface area contributed by atoms with E-state index in [0.717, 1.165) is 30.0 Å². The maximum Gasteiger partial charge on any atom is 0.146 e. The zero-order chi connectivity index (χ0) is 15.3. The third-order valence-corrected chi connectivity index (χ3v) is 3.91. The molecule has 1 N–H and O–H groups in total. The van der Waals surface area contributed by atoms with Crippen molar-refractivity contribution in [1.29, 1.82) is 0 Å². The molecule has 0 saturated heterocycles. The lowest BCUT2D eigenvalue weighted by atomic mass is 9.82. The van der Waals surface area contributed by atoms with Crippen molar-refractivity contribution in [1.82, 2.24) is 10.3 Å². The molecule has 0 aliphatic heterocycles. The highest BCUT2D eigenvalue weighted by atomic mass is 16.5. The monoisotopic (exact) mass is 284 g/mol. The minimum Gasteiger partial charge on any atom is -0.456 e. The fourth-order valence-corrected chi connectivity index (χ4v) is 2.13. The van der Waals surface area contributed by atoms with Gasteiger partial charge in [0, 0.05) is 12.7 Å². The Morgan fingerprint density at radius 3 is 2.43 bits per heavy atom. The normalized spacial score (nSPS) is 11.4. The van der Waals surface area contributed by atoms with E-state index in [4.69, 9.17) is 4.74 Å². The number of benzene rings is 1. The highest BCUT2D eigenvalue weighted by molar-refractivity contribution is 5.35. The molecule has 1 heterocycles. The summed E-state index contributed by atoms with van der Waals surface area (Å²) < 4.78 is 5.88. The van der Waals surface area contributed by atoms with Gasteiger partial charge in [0.2, 0.25) is 0 Å². The lowest BCUT2D eigenvalue weighted by Gasteiger charge is -2.23. The van der Waals surface area contributed by atoms with Crippen molar-refractivity contribution in [3.05, 3.63) is 53.9 Å². The molecule has 0 aliphatic rings. The van der Waals surface area contributed by atoms with E-state index < -0.39 is 0 Å². The minimum absolute atomic E-state index is 0.201. The van der Waals surface area contributed by atoms with Gasteiger partial charge in [-0.25, -0.2) is 0 Å². The molecule has 0 saturated carbocycles. The summed E-state index contributed by atoms with van der Waals surface area (Å²) >= 11 is 0. The predicted octanol–water partition coefficient (Wildman–Crippen LogP) is 4.28. The second kappa shape index (κ2) is 6.72. The molecule has 0 atom stereocenters. The first kappa shape index (κ1) is 15.5. The van der Waals surface area contributed by atoms with Gasteiger partial charge >= 0.3 is 0 Å². The molecule has 3 heteroatoms. The van der Waals surface area contributed by atoms with Crippen LogP contribution in [0.1, 0.15) is 38.3 Å². The number of hydrogen-bond donors (Lipinski definition) is 1. The van der Waals surface area contributed by atoms with Crippen molar-refractivity contribution < 1.29 is 4.74 Å². The molecule has 0 radical (unpaired) electrons. The molecule has 21 heavy (non-hydrogen) atoms. The molecule has 112 valence electrons. The number of nitrogens with one attached hydrogen (secondary N) is 1. The summed E-state index contributed by atoms with van der Waals surface area (Å²) in [5.74, 6) is 1.61. The Hall–Kier alpha value is -1.87. The topological polar surface area (TPSA) is 34.1 Å². The highest BCUT2D eigenvalue weighted by Gasteiger charge is 2.17. The molecule has 1 aromatic heterocycles. The number of hydrogen-bond acceptors (Lipinski definition) is 3. The SMILES string of the molecule is CCC(C)(C)c1ccc(Oc2cncc(CNC)c2)cc1. The van der Waals surface area contributed by atoms with Gasteiger partial charge in [0.15, 0.2) is 0 Å². The Morgan fingerprint density at radius 2 is 1.81 bits per heavy atom. The van der Waals surface area contributed by atoms with Gasteiger partial charge in [-0.05, 0) is 48.2 Å². The third-order valence-electron chi connectivity index (χ3n) is 3.91. The van der Waals surface area contributed by atoms with Gasteiger partial charge in [-0.2, -0.15) is 0 Å². The number of aromatic nitrogens is 1. The number of pyridine rings is 1. The van der Waals surface area contributed by atoms with Crippen molar-refractivity contribution in [3.63, 3.8) is 0 Å². The Morgan fingerprint density at radius 1 is 1.10 bits per heavy atom. The van der Waals surface area contributed by atoms with Crippen molar-refractivity contribution in [3.8, 4) is 11.5 Å². The van der Waals surface area contributed by atoms with E-state index in [0.29, 0.717) is 0 Å². The Kier molecular flexibility index (Phi) is 4.97. The lowest BCUT2D eigenvalue weighted by Crippen LogP contribution is -2.14. The van der Waals surface area contributed by atoms with E-state index in [2.05, 4.69) is 43.2 Å². The average Bonchev–Trinajstić information content (AvgIpc) is 2.48. The maximum atomic E-state index is 5.88. The maximum absolute atomic E-state index is 5.88. The van der Waals surface area contributed by atoms with Gasteiger partial charge in [-0.15, -0.1) is 0 Å². The lowest BCUT2D eigenvalue weighted by molar-refractivity contribution is 0.475. The fraction of sp³-hybridized carbons (Fsp3) is 0.389. The highest BCUT2D eigenvalue weighted by Crippen LogP contribution is 2.29. The molecule has 0 unspecified atom stereocenters. The standard InChI is InChI=1S/C18H24N2O/c1-5-18(2,3)15-6-8-16(9-7-15)21-17-10-14(11-19-4)12-20-13-17/h6-10,12-13,19H,5,11H2,1-4H3. The van der Waals surface area contributed by atoms with Crippen LogP contribution < -0.4 is 10.1 Å². The largest absolute Gasteiger partial charge is 0.456 e. The Bertz CT molecular complexity index is 576. The van der Waals surface area contributed by atoms with Crippen LogP contribution in [0.2, 0.25) is 0 Å². The summed E-state index contributed by atoms with van der Waals surface area (Å²) in [4.78, 5) is 4.20. The van der Waals surface area contributed by atoms with Crippen LogP contribution in [0.15, 0.2) is 42.7 Å². The van der Waals surface area contributed by atoms with Crippen molar-refractivity contribution in [2.45, 2.75) is 39.2 Å². The van der Waals surface area contributed by atoms with E-state index in [9.17, 15) is 0 Å².